The molecule has 2 unspecified atom stereocenters. The van der Waals surface area contributed by atoms with Gasteiger partial charge in [-0.05, 0) is 32.4 Å². The maximum atomic E-state index is 12.5. The predicted octanol–water partition coefficient (Wildman–Crippen LogP) is 2.67. The number of rotatable bonds is 1. The summed E-state index contributed by atoms with van der Waals surface area (Å²) >= 11 is 0. The molecule has 0 spiro atoms. The van der Waals surface area contributed by atoms with E-state index in [9.17, 15) is 13.2 Å². The van der Waals surface area contributed by atoms with Crippen LogP contribution in [0, 0.1) is 5.92 Å². The van der Waals surface area contributed by atoms with E-state index in [1.807, 2.05) is 6.92 Å². The molecule has 1 aliphatic rings. The highest BCUT2D eigenvalue weighted by Gasteiger charge is 2.44. The summed E-state index contributed by atoms with van der Waals surface area (Å²) in [5.41, 5.74) is 0. The van der Waals surface area contributed by atoms with E-state index in [-0.39, 0.29) is 12.3 Å². The molecule has 1 saturated heterocycles. The van der Waals surface area contributed by atoms with Crippen molar-refractivity contribution in [3.63, 3.8) is 0 Å². The Morgan fingerprint density at radius 1 is 1.38 bits per heavy atom. The van der Waals surface area contributed by atoms with E-state index in [1.165, 1.54) is 4.90 Å². The van der Waals surface area contributed by atoms with E-state index in [4.69, 9.17) is 0 Å². The summed E-state index contributed by atoms with van der Waals surface area (Å²) in [6.07, 6.45) is -2.01. The number of hydrogen-bond acceptors (Lipinski definition) is 1. The van der Waals surface area contributed by atoms with Crippen molar-refractivity contribution in [1.82, 2.24) is 4.90 Å². The molecule has 0 aromatic carbocycles. The summed E-state index contributed by atoms with van der Waals surface area (Å²) < 4.78 is 37.4. The third-order valence-corrected chi connectivity index (χ3v) is 2.93. The van der Waals surface area contributed by atoms with Gasteiger partial charge in [0.2, 0.25) is 0 Å². The number of nitrogens with zero attached hydrogens (tertiary/aromatic N) is 1. The Labute approximate surface area is 76.9 Å². The molecule has 1 aliphatic heterocycles. The third-order valence-electron chi connectivity index (χ3n) is 2.93. The fraction of sp³-hybridized carbons (Fsp3) is 1.00. The second-order valence-corrected chi connectivity index (χ2v) is 3.84. The largest absolute Gasteiger partial charge is 0.404 e. The summed E-state index contributed by atoms with van der Waals surface area (Å²) in [7, 11) is 1.56. The minimum absolute atomic E-state index is 0.253. The molecular weight excluding hydrogens is 179 g/mol. The molecule has 13 heavy (non-hydrogen) atoms. The Hall–Kier alpha value is -0.250. The van der Waals surface area contributed by atoms with Gasteiger partial charge in [-0.2, -0.15) is 13.2 Å². The second kappa shape index (κ2) is 3.86. The summed E-state index contributed by atoms with van der Waals surface area (Å²) in [6, 6.07) is -1.22. The minimum Gasteiger partial charge on any atom is -0.295 e. The lowest BCUT2D eigenvalue weighted by Gasteiger charge is -2.37. The summed E-state index contributed by atoms with van der Waals surface area (Å²) in [5.74, 6) is 0.253. The van der Waals surface area contributed by atoms with E-state index >= 15 is 0 Å². The van der Waals surface area contributed by atoms with Gasteiger partial charge in [-0.25, -0.2) is 0 Å². The van der Waals surface area contributed by atoms with Crippen molar-refractivity contribution in [3.8, 4) is 0 Å². The van der Waals surface area contributed by atoms with Gasteiger partial charge < -0.3 is 0 Å². The van der Waals surface area contributed by atoms with Crippen LogP contribution in [-0.2, 0) is 0 Å². The molecule has 0 amide bonds. The first-order chi connectivity index (χ1) is 5.95. The normalized spacial score (nSPS) is 32.1. The van der Waals surface area contributed by atoms with E-state index in [0.717, 1.165) is 12.8 Å². The minimum atomic E-state index is -4.05. The van der Waals surface area contributed by atoms with Crippen LogP contribution in [0.25, 0.3) is 0 Å². The zero-order valence-corrected chi connectivity index (χ0v) is 8.06. The predicted molar refractivity (Wildman–Crippen MR) is 45.5 cm³/mol. The molecule has 2 atom stereocenters. The first kappa shape index (κ1) is 10.8. The molecular formula is C9H16F3N. The Balaban J connectivity index is 2.60. The quantitative estimate of drug-likeness (QED) is 0.621. The van der Waals surface area contributed by atoms with E-state index in [0.29, 0.717) is 6.54 Å². The van der Waals surface area contributed by atoms with Crippen molar-refractivity contribution in [1.29, 1.82) is 0 Å². The zero-order chi connectivity index (χ0) is 10.1. The van der Waals surface area contributed by atoms with Gasteiger partial charge in [0.1, 0.15) is 6.04 Å². The van der Waals surface area contributed by atoms with Crippen LogP contribution in [0.15, 0.2) is 0 Å². The van der Waals surface area contributed by atoms with Crippen LogP contribution in [0.1, 0.15) is 26.2 Å². The van der Waals surface area contributed by atoms with Gasteiger partial charge in [0.05, 0.1) is 0 Å². The monoisotopic (exact) mass is 195 g/mol. The van der Waals surface area contributed by atoms with Crippen LogP contribution >= 0.6 is 0 Å². The molecule has 0 saturated carbocycles. The van der Waals surface area contributed by atoms with E-state index < -0.39 is 12.2 Å². The van der Waals surface area contributed by atoms with Crippen molar-refractivity contribution in [3.05, 3.63) is 0 Å². The lowest BCUT2D eigenvalue weighted by molar-refractivity contribution is -0.191. The fourth-order valence-electron chi connectivity index (χ4n) is 1.91. The van der Waals surface area contributed by atoms with Crippen LogP contribution in [-0.4, -0.2) is 30.7 Å². The Morgan fingerprint density at radius 2 is 2.00 bits per heavy atom. The first-order valence-corrected chi connectivity index (χ1v) is 4.72. The molecule has 0 aromatic heterocycles. The number of halogens is 3. The maximum Gasteiger partial charge on any atom is 0.404 e. The number of hydrogen-bond donors (Lipinski definition) is 0. The van der Waals surface area contributed by atoms with Crippen LogP contribution < -0.4 is 0 Å². The lowest BCUT2D eigenvalue weighted by Crippen LogP contribution is -2.48. The summed E-state index contributed by atoms with van der Waals surface area (Å²) in [6.45, 7) is 2.53. The highest BCUT2D eigenvalue weighted by molar-refractivity contribution is 4.84. The van der Waals surface area contributed by atoms with Crippen LogP contribution in [0.4, 0.5) is 13.2 Å². The zero-order valence-electron chi connectivity index (χ0n) is 8.06. The Bertz CT molecular complexity index is 167. The summed E-state index contributed by atoms with van der Waals surface area (Å²) in [4.78, 5) is 1.42. The molecule has 0 aromatic rings. The second-order valence-electron chi connectivity index (χ2n) is 3.84. The maximum absolute atomic E-state index is 12.5. The number of alkyl halides is 3. The molecule has 0 radical (unpaired) electrons. The van der Waals surface area contributed by atoms with Crippen LogP contribution in [0.2, 0.25) is 0 Å². The van der Waals surface area contributed by atoms with Gasteiger partial charge in [-0.15, -0.1) is 0 Å². The first-order valence-electron chi connectivity index (χ1n) is 4.72. The molecule has 0 aliphatic carbocycles. The van der Waals surface area contributed by atoms with Crippen LogP contribution in [0.5, 0.6) is 0 Å². The van der Waals surface area contributed by atoms with Gasteiger partial charge in [0, 0.05) is 0 Å². The van der Waals surface area contributed by atoms with Gasteiger partial charge in [0.15, 0.2) is 0 Å². The standard InChI is InChI=1S/C9H16F3N/c1-3-7-4-5-13(2)8(6-7)9(10,11)12/h7-8H,3-6H2,1-2H3. The molecule has 4 heteroatoms. The van der Waals surface area contributed by atoms with Crippen LogP contribution in [0.3, 0.4) is 0 Å². The van der Waals surface area contributed by atoms with E-state index in [1.54, 1.807) is 7.05 Å². The number of piperidine rings is 1. The molecule has 78 valence electrons. The van der Waals surface area contributed by atoms with Gasteiger partial charge >= 0.3 is 6.18 Å². The highest BCUT2D eigenvalue weighted by atomic mass is 19.4. The van der Waals surface area contributed by atoms with Crippen molar-refractivity contribution in [2.75, 3.05) is 13.6 Å². The third kappa shape index (κ3) is 2.59. The molecule has 1 rings (SSSR count). The van der Waals surface area contributed by atoms with Crippen molar-refractivity contribution < 1.29 is 13.2 Å². The highest BCUT2D eigenvalue weighted by Crippen LogP contribution is 2.34. The molecule has 1 fully saturated rings. The average Bonchev–Trinajstić information content (AvgIpc) is 2.03. The van der Waals surface area contributed by atoms with E-state index in [2.05, 4.69) is 0 Å². The smallest absolute Gasteiger partial charge is 0.295 e. The van der Waals surface area contributed by atoms with Crippen molar-refractivity contribution in [2.45, 2.75) is 38.4 Å². The topological polar surface area (TPSA) is 3.24 Å². The van der Waals surface area contributed by atoms with Crippen molar-refractivity contribution >= 4 is 0 Å². The molecule has 1 nitrogen and oxygen atoms in total. The van der Waals surface area contributed by atoms with Gasteiger partial charge in [0.25, 0.3) is 0 Å². The Kier molecular flexibility index (Phi) is 3.22. The average molecular weight is 195 g/mol. The molecule has 1 heterocycles. The fourth-order valence-corrected chi connectivity index (χ4v) is 1.91. The SMILES string of the molecule is CCC1CCN(C)C(C(F)(F)F)C1. The van der Waals surface area contributed by atoms with Gasteiger partial charge in [-0.3, -0.25) is 4.90 Å². The molecule has 0 bridgehead atoms. The van der Waals surface area contributed by atoms with Gasteiger partial charge in [-0.1, -0.05) is 13.3 Å². The lowest BCUT2D eigenvalue weighted by atomic mass is 9.89. The Morgan fingerprint density at radius 3 is 2.46 bits per heavy atom. The number of likely N-dealkylation sites (tertiary alicyclic amines) is 1. The molecule has 0 N–H and O–H groups in total. The van der Waals surface area contributed by atoms with Crippen molar-refractivity contribution in [2.24, 2.45) is 5.92 Å². The summed E-state index contributed by atoms with van der Waals surface area (Å²) in [5, 5.41) is 0.